The van der Waals surface area contributed by atoms with Crippen LogP contribution in [0.1, 0.15) is 94.6 Å². The molecule has 0 unspecified atom stereocenters. The van der Waals surface area contributed by atoms with Crippen molar-refractivity contribution in [2.24, 2.45) is 11.8 Å². The highest BCUT2D eigenvalue weighted by atomic mass is 16.4. The summed E-state index contributed by atoms with van der Waals surface area (Å²) in [5, 5.41) is 35.6. The Kier molecular flexibility index (Phi) is 9.66. The van der Waals surface area contributed by atoms with Crippen LogP contribution in [0, 0.1) is 11.8 Å². The highest BCUT2D eigenvalue weighted by Crippen LogP contribution is 2.45. The Labute approximate surface area is 244 Å². The van der Waals surface area contributed by atoms with Crippen molar-refractivity contribution in [2.75, 3.05) is 6.54 Å². The lowest BCUT2D eigenvalue weighted by atomic mass is 9.82. The van der Waals surface area contributed by atoms with Crippen LogP contribution in [0.15, 0.2) is 48.5 Å². The second-order valence-corrected chi connectivity index (χ2v) is 12.5. The van der Waals surface area contributed by atoms with Gasteiger partial charge in [0.05, 0.1) is 12.1 Å². The summed E-state index contributed by atoms with van der Waals surface area (Å²) in [4.78, 5) is 28.2. The molecule has 5 rings (SSSR count). The summed E-state index contributed by atoms with van der Waals surface area (Å²) in [5.41, 5.74) is 4.37. The summed E-state index contributed by atoms with van der Waals surface area (Å²) >= 11 is 0. The van der Waals surface area contributed by atoms with Gasteiger partial charge >= 0.3 is 6.09 Å². The number of carbonyl (C=O) groups is 2. The molecule has 3 aliphatic rings. The van der Waals surface area contributed by atoms with Gasteiger partial charge < -0.3 is 20.6 Å². The number of hydrogen-bond acceptors (Lipinski definition) is 4. The van der Waals surface area contributed by atoms with E-state index in [9.17, 15) is 24.9 Å². The van der Waals surface area contributed by atoms with Gasteiger partial charge in [0.2, 0.25) is 5.91 Å². The molecule has 2 fully saturated rings. The number of carboxylic acid groups (broad SMARTS) is 1. The molecule has 2 aromatic carbocycles. The van der Waals surface area contributed by atoms with E-state index in [0.717, 1.165) is 67.2 Å². The van der Waals surface area contributed by atoms with Gasteiger partial charge in [-0.05, 0) is 59.8 Å². The van der Waals surface area contributed by atoms with Crippen LogP contribution in [0.5, 0.6) is 0 Å². The molecule has 0 aromatic heterocycles. The van der Waals surface area contributed by atoms with Crippen LogP contribution in [0.25, 0.3) is 11.1 Å². The van der Waals surface area contributed by atoms with Crippen LogP contribution in [-0.4, -0.2) is 63.1 Å². The maximum atomic E-state index is 14.0. The fourth-order valence-electron chi connectivity index (χ4n) is 7.12. The lowest BCUT2D eigenvalue weighted by Gasteiger charge is -2.36. The molecular weight excluding hydrogens is 516 g/mol. The van der Waals surface area contributed by atoms with E-state index in [1.807, 2.05) is 31.2 Å². The van der Waals surface area contributed by atoms with Crippen molar-refractivity contribution in [1.29, 1.82) is 0 Å². The topological polar surface area (TPSA) is 110 Å². The molecule has 3 aliphatic carbocycles. The van der Waals surface area contributed by atoms with Gasteiger partial charge in [-0.3, -0.25) is 9.69 Å². The fourth-order valence-corrected chi connectivity index (χ4v) is 7.12. The van der Waals surface area contributed by atoms with E-state index >= 15 is 0 Å². The molecule has 0 heterocycles. The first-order valence-electron chi connectivity index (χ1n) is 15.7. The van der Waals surface area contributed by atoms with Crippen molar-refractivity contribution in [1.82, 2.24) is 10.2 Å². The molecule has 2 aromatic rings. The predicted octanol–water partition coefficient (Wildman–Crippen LogP) is 5.92. The molecule has 2 saturated carbocycles. The van der Waals surface area contributed by atoms with E-state index in [0.29, 0.717) is 25.2 Å². The van der Waals surface area contributed by atoms with Gasteiger partial charge in [-0.25, -0.2) is 4.79 Å². The fraction of sp³-hybridized carbons (Fsp3) is 0.588. The van der Waals surface area contributed by atoms with Gasteiger partial charge in [0.25, 0.3) is 0 Å². The summed E-state index contributed by atoms with van der Waals surface area (Å²) in [6, 6.07) is 14.7. The summed E-state index contributed by atoms with van der Waals surface area (Å²) in [7, 11) is 0. The third-order valence-corrected chi connectivity index (χ3v) is 9.60. The maximum Gasteiger partial charge on any atom is 0.408 e. The Balaban J connectivity index is 1.39. The zero-order valence-electron chi connectivity index (χ0n) is 24.3. The molecule has 7 heteroatoms. The third-order valence-electron chi connectivity index (χ3n) is 9.60. The smallest absolute Gasteiger partial charge is 0.408 e. The molecule has 2 amide bonds. The van der Waals surface area contributed by atoms with Crippen LogP contribution in [0.3, 0.4) is 0 Å². The number of rotatable bonds is 13. The standard InChI is InChI=1S/C34H46N2O5/c1-2-3-17-30(33(39)35-29(20-22-11-5-4-6-12-22)32(38)31(37)23-18-19-23)36(34(40)41)21-28-26-15-9-7-13-24(26)25-14-8-10-16-27(25)28/h7-10,13-16,22-23,28-32,37-38H,2-6,11-12,17-21H2,1H3,(H,35,39)(H,40,41)/t29-,30-,31-,32+/m0/s1. The number of amides is 2. The van der Waals surface area contributed by atoms with E-state index in [1.165, 1.54) is 11.3 Å². The van der Waals surface area contributed by atoms with Crippen LogP contribution in [-0.2, 0) is 4.79 Å². The number of benzene rings is 2. The summed E-state index contributed by atoms with van der Waals surface area (Å²) in [6.07, 6.45) is 6.87. The van der Waals surface area contributed by atoms with Crippen LogP contribution >= 0.6 is 0 Å². The number of nitrogens with one attached hydrogen (secondary N) is 1. The summed E-state index contributed by atoms with van der Waals surface area (Å²) < 4.78 is 0. The van der Waals surface area contributed by atoms with Gasteiger partial charge in [-0.2, -0.15) is 0 Å². The number of fused-ring (bicyclic) bond motifs is 3. The Morgan fingerprint density at radius 1 is 0.927 bits per heavy atom. The van der Waals surface area contributed by atoms with Gasteiger partial charge in [-0.1, -0.05) is 100 Å². The van der Waals surface area contributed by atoms with E-state index in [4.69, 9.17) is 0 Å². The van der Waals surface area contributed by atoms with Gasteiger partial charge in [0.15, 0.2) is 0 Å². The van der Waals surface area contributed by atoms with Gasteiger partial charge in [0, 0.05) is 12.5 Å². The zero-order chi connectivity index (χ0) is 28.9. The van der Waals surface area contributed by atoms with E-state index < -0.39 is 30.4 Å². The number of unbranched alkanes of at least 4 members (excludes halogenated alkanes) is 1. The molecule has 222 valence electrons. The second kappa shape index (κ2) is 13.4. The first-order valence-corrected chi connectivity index (χ1v) is 15.7. The van der Waals surface area contributed by atoms with Crippen molar-refractivity contribution in [3.8, 4) is 11.1 Å². The molecular formula is C34H46N2O5. The van der Waals surface area contributed by atoms with Crippen molar-refractivity contribution >= 4 is 12.0 Å². The summed E-state index contributed by atoms with van der Waals surface area (Å²) in [6.45, 7) is 2.21. The van der Waals surface area contributed by atoms with Crippen molar-refractivity contribution in [3.05, 3.63) is 59.7 Å². The predicted molar refractivity (Wildman–Crippen MR) is 160 cm³/mol. The molecule has 0 radical (unpaired) electrons. The number of hydrogen-bond donors (Lipinski definition) is 4. The minimum absolute atomic E-state index is 0.0738. The minimum atomic E-state index is -1.12. The third kappa shape index (κ3) is 6.78. The lowest BCUT2D eigenvalue weighted by molar-refractivity contribution is -0.129. The van der Waals surface area contributed by atoms with E-state index in [-0.39, 0.29) is 24.3 Å². The van der Waals surface area contributed by atoms with Crippen molar-refractivity contribution in [3.63, 3.8) is 0 Å². The quantitative estimate of drug-likeness (QED) is 0.242. The molecule has 0 spiro atoms. The highest BCUT2D eigenvalue weighted by Gasteiger charge is 2.41. The van der Waals surface area contributed by atoms with Crippen LogP contribution in [0.4, 0.5) is 4.79 Å². The molecule has 0 aliphatic heterocycles. The zero-order valence-corrected chi connectivity index (χ0v) is 24.3. The Morgan fingerprint density at radius 2 is 1.54 bits per heavy atom. The average Bonchev–Trinajstić information content (AvgIpc) is 3.79. The second-order valence-electron chi connectivity index (χ2n) is 12.5. The van der Waals surface area contributed by atoms with Crippen LogP contribution in [0.2, 0.25) is 0 Å². The number of aliphatic hydroxyl groups excluding tert-OH is 2. The molecule has 4 atom stereocenters. The molecule has 41 heavy (non-hydrogen) atoms. The first-order chi connectivity index (χ1) is 19.9. The van der Waals surface area contributed by atoms with E-state index in [2.05, 4.69) is 29.6 Å². The van der Waals surface area contributed by atoms with Crippen molar-refractivity contribution < 1.29 is 24.9 Å². The van der Waals surface area contributed by atoms with Gasteiger partial charge in [0.1, 0.15) is 12.1 Å². The van der Waals surface area contributed by atoms with Gasteiger partial charge in [-0.15, -0.1) is 0 Å². The highest BCUT2D eigenvalue weighted by molar-refractivity contribution is 5.86. The largest absolute Gasteiger partial charge is 0.465 e. The molecule has 0 bridgehead atoms. The average molecular weight is 563 g/mol. The molecule has 7 nitrogen and oxygen atoms in total. The SMILES string of the molecule is CCCC[C@@H](C(=O)N[C@@H](CC1CCCCC1)[C@@H](O)[C@@H](O)C1CC1)N(CC1c2ccccc2-c2ccccc21)C(=O)O. The molecule has 4 N–H and O–H groups in total. The Hall–Kier alpha value is -2.90. The minimum Gasteiger partial charge on any atom is -0.465 e. The molecule has 0 saturated heterocycles. The van der Waals surface area contributed by atoms with E-state index in [1.54, 1.807) is 0 Å². The van der Waals surface area contributed by atoms with Crippen LogP contribution < -0.4 is 5.32 Å². The number of nitrogens with zero attached hydrogens (tertiary/aromatic N) is 1. The maximum absolute atomic E-state index is 14.0. The number of carbonyl (C=O) groups excluding carboxylic acids is 1. The first kappa shape index (κ1) is 29.6. The normalized spacial score (nSPS) is 20.0. The Morgan fingerprint density at radius 3 is 2.10 bits per heavy atom. The van der Waals surface area contributed by atoms with Crippen molar-refractivity contribution in [2.45, 2.75) is 108 Å². The number of aliphatic hydroxyl groups is 2. The summed E-state index contributed by atoms with van der Waals surface area (Å²) in [5.74, 6) is -0.0880. The monoisotopic (exact) mass is 562 g/mol. The lowest BCUT2D eigenvalue weighted by Crippen LogP contribution is -2.56. The Bertz CT molecular complexity index is 1150.